The molecule has 0 radical (unpaired) electrons. The lowest BCUT2D eigenvalue weighted by atomic mass is 10.1. The first-order chi connectivity index (χ1) is 17.1. The summed E-state index contributed by atoms with van der Waals surface area (Å²) in [5, 5.41) is 11.9. The molecule has 13 heteroatoms. The van der Waals surface area contributed by atoms with E-state index in [0.717, 1.165) is 35.3 Å². The Kier molecular flexibility index (Phi) is 6.40. The number of rotatable bonds is 7. The Bertz CT molecular complexity index is 1520. The lowest BCUT2D eigenvalue weighted by molar-refractivity contribution is -0.385. The fraction of sp³-hybridized carbons (Fsp3) is 0.0435. The number of hydrazine groups is 1. The molecule has 0 spiro atoms. The van der Waals surface area contributed by atoms with E-state index < -0.39 is 43.3 Å². The van der Waals surface area contributed by atoms with Crippen molar-refractivity contribution in [3.05, 3.63) is 93.8 Å². The average Bonchev–Trinajstić information content (AvgIpc) is 3.13. The predicted molar refractivity (Wildman–Crippen MR) is 124 cm³/mol. The molecule has 3 aromatic carbocycles. The van der Waals surface area contributed by atoms with Gasteiger partial charge < -0.3 is 8.92 Å². The van der Waals surface area contributed by atoms with Crippen LogP contribution < -0.4 is 19.4 Å². The number of non-ortho nitro benzene ring substituents is 1. The fourth-order valence-corrected chi connectivity index (χ4v) is 4.24. The maximum absolute atomic E-state index is 13.2. The van der Waals surface area contributed by atoms with Gasteiger partial charge in [-0.1, -0.05) is 12.1 Å². The molecule has 2 amide bonds. The summed E-state index contributed by atoms with van der Waals surface area (Å²) in [5.41, 5.74) is 2.30. The molecule has 1 aliphatic rings. The highest BCUT2D eigenvalue weighted by molar-refractivity contribution is 7.87. The van der Waals surface area contributed by atoms with Gasteiger partial charge in [-0.25, -0.2) is 9.40 Å². The molecule has 4 rings (SSSR count). The normalized spacial score (nSPS) is 14.6. The summed E-state index contributed by atoms with van der Waals surface area (Å²) >= 11 is 0. The molecule has 1 aliphatic heterocycles. The molecule has 1 N–H and O–H groups in total. The number of carbonyl (C=O) groups excluding carboxylic acids is 2. The Balaban J connectivity index is 1.60. The number of halogens is 1. The summed E-state index contributed by atoms with van der Waals surface area (Å²) in [6, 6.07) is 13.3. The van der Waals surface area contributed by atoms with Crippen molar-refractivity contribution >= 4 is 39.4 Å². The molecule has 11 nitrogen and oxygen atoms in total. The Hall–Kier alpha value is -4.78. The second kappa shape index (κ2) is 9.46. The molecule has 0 saturated carbocycles. The highest BCUT2D eigenvalue weighted by Crippen LogP contribution is 2.32. The fourth-order valence-electron chi connectivity index (χ4n) is 3.26. The van der Waals surface area contributed by atoms with Crippen molar-refractivity contribution in [2.24, 2.45) is 0 Å². The molecular weight excluding hydrogens is 497 g/mol. The van der Waals surface area contributed by atoms with E-state index in [-0.39, 0.29) is 22.8 Å². The lowest BCUT2D eigenvalue weighted by Crippen LogP contribution is -2.35. The maximum Gasteiger partial charge on any atom is 0.339 e. The molecule has 1 saturated heterocycles. The number of carbonyl (C=O) groups is 2. The summed E-state index contributed by atoms with van der Waals surface area (Å²) in [4.78, 5) is 34.9. The number of benzene rings is 3. The van der Waals surface area contributed by atoms with Gasteiger partial charge in [-0.05, 0) is 54.1 Å². The highest BCUT2D eigenvalue weighted by Gasteiger charge is 2.34. The van der Waals surface area contributed by atoms with Crippen molar-refractivity contribution < 1.29 is 36.2 Å². The van der Waals surface area contributed by atoms with Gasteiger partial charge in [0.1, 0.15) is 16.3 Å². The van der Waals surface area contributed by atoms with Crippen LogP contribution in [0.2, 0.25) is 0 Å². The minimum absolute atomic E-state index is 0.0420. The van der Waals surface area contributed by atoms with Crippen LogP contribution in [0.1, 0.15) is 5.56 Å². The number of anilines is 1. The third-order valence-electron chi connectivity index (χ3n) is 4.99. The monoisotopic (exact) mass is 513 g/mol. The maximum atomic E-state index is 13.2. The van der Waals surface area contributed by atoms with E-state index in [2.05, 4.69) is 5.43 Å². The number of nitro groups is 1. The third-order valence-corrected chi connectivity index (χ3v) is 6.22. The minimum Gasteiger partial charge on any atom is -0.493 e. The van der Waals surface area contributed by atoms with Crippen molar-refractivity contribution in [2.45, 2.75) is 4.90 Å². The smallest absolute Gasteiger partial charge is 0.339 e. The molecule has 0 aromatic heterocycles. The van der Waals surface area contributed by atoms with Crippen molar-refractivity contribution in [2.75, 3.05) is 12.1 Å². The topological polar surface area (TPSA) is 145 Å². The van der Waals surface area contributed by atoms with E-state index in [1.807, 2.05) is 0 Å². The molecule has 3 aromatic rings. The van der Waals surface area contributed by atoms with Gasteiger partial charge in [-0.3, -0.25) is 25.1 Å². The van der Waals surface area contributed by atoms with Gasteiger partial charge in [0.15, 0.2) is 11.5 Å². The van der Waals surface area contributed by atoms with Gasteiger partial charge in [0.25, 0.3) is 17.5 Å². The Morgan fingerprint density at radius 2 is 1.75 bits per heavy atom. The number of hydrogen-bond donors (Lipinski definition) is 1. The Morgan fingerprint density at radius 1 is 1.03 bits per heavy atom. The van der Waals surface area contributed by atoms with E-state index >= 15 is 0 Å². The summed E-state index contributed by atoms with van der Waals surface area (Å²) in [6.45, 7) is 0. The van der Waals surface area contributed by atoms with E-state index in [9.17, 15) is 32.5 Å². The largest absolute Gasteiger partial charge is 0.493 e. The van der Waals surface area contributed by atoms with Crippen LogP contribution in [0.5, 0.6) is 11.5 Å². The van der Waals surface area contributed by atoms with E-state index in [4.69, 9.17) is 8.92 Å². The Labute approximate surface area is 203 Å². The van der Waals surface area contributed by atoms with Crippen LogP contribution in [-0.2, 0) is 19.7 Å². The molecule has 0 bridgehead atoms. The Morgan fingerprint density at radius 3 is 2.42 bits per heavy atom. The second-order valence-corrected chi connectivity index (χ2v) is 8.86. The van der Waals surface area contributed by atoms with Crippen molar-refractivity contribution in [1.29, 1.82) is 0 Å². The second-order valence-electron chi connectivity index (χ2n) is 7.32. The summed E-state index contributed by atoms with van der Waals surface area (Å²) in [6.07, 6.45) is 1.27. The summed E-state index contributed by atoms with van der Waals surface area (Å²) in [7, 11) is -3.19. The molecule has 1 fully saturated rings. The minimum atomic E-state index is -4.45. The summed E-state index contributed by atoms with van der Waals surface area (Å²) in [5.74, 6) is -2.15. The van der Waals surface area contributed by atoms with Gasteiger partial charge >= 0.3 is 10.1 Å². The first kappa shape index (κ1) is 24.3. The van der Waals surface area contributed by atoms with E-state index in [0.29, 0.717) is 5.56 Å². The van der Waals surface area contributed by atoms with Crippen LogP contribution >= 0.6 is 0 Å². The standard InChI is InChI=1S/C23H16FN3O8S/c1-34-21-12-14(11-19-22(28)25-26(23(19)29)16-8-6-15(24)7-9-16)5-10-20(21)35-36(32,33)18-4-2-3-17(13-18)27(30)31/h2-13H,1H3,(H,25,28)/b19-11-. The highest BCUT2D eigenvalue weighted by atomic mass is 32.2. The number of hydrogen-bond acceptors (Lipinski definition) is 8. The number of nitrogens with zero attached hydrogens (tertiary/aromatic N) is 2. The van der Waals surface area contributed by atoms with Crippen molar-refractivity contribution in [1.82, 2.24) is 5.43 Å². The molecule has 0 unspecified atom stereocenters. The van der Waals surface area contributed by atoms with E-state index in [1.165, 1.54) is 49.6 Å². The van der Waals surface area contributed by atoms with E-state index in [1.54, 1.807) is 0 Å². The van der Waals surface area contributed by atoms with Crippen LogP contribution in [0.3, 0.4) is 0 Å². The van der Waals surface area contributed by atoms with Crippen molar-refractivity contribution in [3.8, 4) is 11.5 Å². The SMILES string of the molecule is COc1cc(/C=C2/C(=O)NN(c3ccc(F)cc3)C2=O)ccc1OS(=O)(=O)c1cccc([N+](=O)[O-])c1. The van der Waals surface area contributed by atoms with Crippen molar-refractivity contribution in [3.63, 3.8) is 0 Å². The first-order valence-corrected chi connectivity index (χ1v) is 11.5. The number of methoxy groups -OCH3 is 1. The number of nitrogens with one attached hydrogen (secondary N) is 1. The van der Waals surface area contributed by atoms with Gasteiger partial charge in [0.2, 0.25) is 0 Å². The molecule has 0 aliphatic carbocycles. The van der Waals surface area contributed by atoms with Crippen LogP contribution in [0.4, 0.5) is 15.8 Å². The summed E-state index contributed by atoms with van der Waals surface area (Å²) < 4.78 is 48.8. The first-order valence-electron chi connectivity index (χ1n) is 10.1. The van der Waals surface area contributed by atoms with Crippen LogP contribution in [0, 0.1) is 15.9 Å². The van der Waals surface area contributed by atoms with Gasteiger partial charge in [0, 0.05) is 12.1 Å². The van der Waals surface area contributed by atoms with Crippen LogP contribution in [0.25, 0.3) is 6.08 Å². The third kappa shape index (κ3) is 4.86. The number of amides is 2. The molecule has 36 heavy (non-hydrogen) atoms. The zero-order valence-electron chi connectivity index (χ0n) is 18.4. The number of ether oxygens (including phenoxy) is 1. The quantitative estimate of drug-likeness (QED) is 0.167. The van der Waals surface area contributed by atoms with Gasteiger partial charge in [-0.2, -0.15) is 8.42 Å². The number of nitro benzene ring substituents is 1. The molecular formula is C23H16FN3O8S. The predicted octanol–water partition coefficient (Wildman–Crippen LogP) is 2.97. The lowest BCUT2D eigenvalue weighted by Gasteiger charge is -2.14. The average molecular weight is 513 g/mol. The molecule has 1 heterocycles. The van der Waals surface area contributed by atoms with Gasteiger partial charge in [-0.15, -0.1) is 0 Å². The zero-order valence-corrected chi connectivity index (χ0v) is 19.2. The molecule has 184 valence electrons. The van der Waals surface area contributed by atoms with Crippen LogP contribution in [-0.4, -0.2) is 32.3 Å². The zero-order chi connectivity index (χ0) is 26.0. The molecule has 0 atom stereocenters. The van der Waals surface area contributed by atoms with Crippen LogP contribution in [0.15, 0.2) is 77.2 Å². The van der Waals surface area contributed by atoms with Gasteiger partial charge in [0.05, 0.1) is 17.7 Å².